The molecular formula is C16H12N2O3. The molecule has 1 aromatic heterocycles. The number of carbonyl (C=O) groups is 1. The molecule has 104 valence electrons. The van der Waals surface area contributed by atoms with Crippen LogP contribution < -0.4 is 4.74 Å². The van der Waals surface area contributed by atoms with Crippen molar-refractivity contribution in [1.29, 1.82) is 5.26 Å². The SMILES string of the molecule is Cc1ccc(Oc2ccc(/C=C/C(=O)O)cc2C#N)cn1. The molecule has 0 atom stereocenters. The van der Waals surface area contributed by atoms with Crippen molar-refractivity contribution in [3.05, 3.63) is 59.4 Å². The quantitative estimate of drug-likeness (QED) is 0.870. The maximum Gasteiger partial charge on any atom is 0.328 e. The Morgan fingerprint density at radius 3 is 2.81 bits per heavy atom. The van der Waals surface area contributed by atoms with E-state index in [1.807, 2.05) is 19.1 Å². The van der Waals surface area contributed by atoms with Gasteiger partial charge in [0.05, 0.1) is 11.8 Å². The molecule has 0 saturated carbocycles. The van der Waals surface area contributed by atoms with Gasteiger partial charge in [-0.25, -0.2) is 4.79 Å². The van der Waals surface area contributed by atoms with Gasteiger partial charge in [-0.3, -0.25) is 4.98 Å². The first kappa shape index (κ1) is 14.3. The molecule has 0 spiro atoms. The average Bonchev–Trinajstić information content (AvgIpc) is 2.48. The van der Waals surface area contributed by atoms with E-state index in [0.717, 1.165) is 11.8 Å². The van der Waals surface area contributed by atoms with E-state index in [2.05, 4.69) is 4.98 Å². The highest BCUT2D eigenvalue weighted by Gasteiger charge is 2.06. The molecule has 5 heteroatoms. The van der Waals surface area contributed by atoms with Crippen LogP contribution in [0.3, 0.4) is 0 Å². The van der Waals surface area contributed by atoms with Crippen LogP contribution in [0.4, 0.5) is 0 Å². The number of carboxylic acid groups (broad SMARTS) is 1. The van der Waals surface area contributed by atoms with Gasteiger partial charge in [0.1, 0.15) is 17.6 Å². The van der Waals surface area contributed by atoms with Gasteiger partial charge >= 0.3 is 5.97 Å². The van der Waals surface area contributed by atoms with Gasteiger partial charge in [-0.2, -0.15) is 5.26 Å². The topological polar surface area (TPSA) is 83.2 Å². The largest absolute Gasteiger partial charge is 0.478 e. The summed E-state index contributed by atoms with van der Waals surface area (Å²) in [5, 5.41) is 17.7. The maximum atomic E-state index is 10.5. The highest BCUT2D eigenvalue weighted by Crippen LogP contribution is 2.25. The lowest BCUT2D eigenvalue weighted by Gasteiger charge is -2.07. The van der Waals surface area contributed by atoms with E-state index >= 15 is 0 Å². The van der Waals surface area contributed by atoms with E-state index in [1.54, 1.807) is 30.5 Å². The molecule has 0 bridgehead atoms. The minimum absolute atomic E-state index is 0.322. The zero-order valence-electron chi connectivity index (χ0n) is 11.3. The maximum absolute atomic E-state index is 10.5. The Bertz CT molecular complexity index is 728. The summed E-state index contributed by atoms with van der Waals surface area (Å²) in [7, 11) is 0. The highest BCUT2D eigenvalue weighted by atomic mass is 16.5. The van der Waals surface area contributed by atoms with Crippen LogP contribution in [0.2, 0.25) is 0 Å². The fraction of sp³-hybridized carbons (Fsp3) is 0.0625. The number of rotatable bonds is 4. The predicted octanol–water partition coefficient (Wildman–Crippen LogP) is 3.15. The summed E-state index contributed by atoms with van der Waals surface area (Å²) >= 11 is 0. The van der Waals surface area contributed by atoms with Crippen LogP contribution in [-0.4, -0.2) is 16.1 Å². The number of pyridine rings is 1. The zero-order chi connectivity index (χ0) is 15.2. The molecule has 0 aliphatic heterocycles. The molecular weight excluding hydrogens is 268 g/mol. The lowest BCUT2D eigenvalue weighted by molar-refractivity contribution is -0.131. The summed E-state index contributed by atoms with van der Waals surface area (Å²) in [6.45, 7) is 1.87. The van der Waals surface area contributed by atoms with Crippen molar-refractivity contribution in [2.24, 2.45) is 0 Å². The minimum Gasteiger partial charge on any atom is -0.478 e. The summed E-state index contributed by atoms with van der Waals surface area (Å²) in [6, 6.07) is 10.5. The van der Waals surface area contributed by atoms with Crippen LogP contribution in [0, 0.1) is 18.3 Å². The molecule has 2 rings (SSSR count). The number of aliphatic carboxylic acids is 1. The number of ether oxygens (including phenoxy) is 1. The molecule has 1 aromatic carbocycles. The van der Waals surface area contributed by atoms with Gasteiger partial charge in [0.15, 0.2) is 0 Å². The Morgan fingerprint density at radius 1 is 1.38 bits per heavy atom. The van der Waals surface area contributed by atoms with Crippen LogP contribution in [0.5, 0.6) is 11.5 Å². The van der Waals surface area contributed by atoms with Gasteiger partial charge in [-0.1, -0.05) is 6.07 Å². The Balaban J connectivity index is 2.26. The number of nitrogens with zero attached hydrogens (tertiary/aromatic N) is 2. The standard InChI is InChI=1S/C16H12N2O3/c1-11-2-5-14(10-18-11)21-15-6-3-12(4-7-16(19)20)8-13(15)9-17/h2-8,10H,1H3,(H,19,20)/b7-4+. The van der Waals surface area contributed by atoms with Crippen molar-refractivity contribution in [1.82, 2.24) is 4.98 Å². The molecule has 0 aliphatic carbocycles. The zero-order valence-corrected chi connectivity index (χ0v) is 11.3. The highest BCUT2D eigenvalue weighted by molar-refractivity contribution is 5.85. The van der Waals surface area contributed by atoms with Crippen molar-refractivity contribution in [3.8, 4) is 17.6 Å². The number of hydrogen-bond acceptors (Lipinski definition) is 4. The molecule has 0 fully saturated rings. The summed E-state index contributed by atoms with van der Waals surface area (Å²) in [4.78, 5) is 14.6. The third-order valence-corrected chi connectivity index (χ3v) is 2.65. The van der Waals surface area contributed by atoms with Crippen LogP contribution in [0.25, 0.3) is 6.08 Å². The van der Waals surface area contributed by atoms with Gasteiger partial charge in [0.25, 0.3) is 0 Å². The number of aryl methyl sites for hydroxylation is 1. The van der Waals surface area contributed by atoms with Crippen LogP contribution in [-0.2, 0) is 4.79 Å². The number of nitriles is 1. The molecule has 0 aliphatic rings. The molecule has 5 nitrogen and oxygen atoms in total. The molecule has 1 N–H and O–H groups in total. The van der Waals surface area contributed by atoms with Gasteiger partial charge in [-0.15, -0.1) is 0 Å². The fourth-order valence-electron chi connectivity index (χ4n) is 1.64. The average molecular weight is 280 g/mol. The first-order valence-electron chi connectivity index (χ1n) is 6.14. The summed E-state index contributed by atoms with van der Waals surface area (Å²) in [5.74, 6) is -0.110. The molecule has 0 unspecified atom stereocenters. The molecule has 0 radical (unpaired) electrons. The van der Waals surface area contributed by atoms with E-state index in [0.29, 0.717) is 22.6 Å². The smallest absolute Gasteiger partial charge is 0.328 e. The normalized spacial score (nSPS) is 10.3. The van der Waals surface area contributed by atoms with Gasteiger partial charge in [0.2, 0.25) is 0 Å². The van der Waals surface area contributed by atoms with E-state index in [9.17, 15) is 4.79 Å². The second-order valence-corrected chi connectivity index (χ2v) is 4.28. The minimum atomic E-state index is -1.04. The first-order valence-corrected chi connectivity index (χ1v) is 6.14. The molecule has 2 aromatic rings. The van der Waals surface area contributed by atoms with Crippen molar-refractivity contribution >= 4 is 12.0 Å². The van der Waals surface area contributed by atoms with Gasteiger partial charge in [0, 0.05) is 11.8 Å². The molecule has 0 saturated heterocycles. The molecule has 21 heavy (non-hydrogen) atoms. The van der Waals surface area contributed by atoms with Crippen molar-refractivity contribution in [3.63, 3.8) is 0 Å². The van der Waals surface area contributed by atoms with E-state index in [-0.39, 0.29) is 0 Å². The van der Waals surface area contributed by atoms with E-state index < -0.39 is 5.97 Å². The monoisotopic (exact) mass is 280 g/mol. The van der Waals surface area contributed by atoms with Crippen molar-refractivity contribution < 1.29 is 14.6 Å². The Labute approximate surface area is 121 Å². The van der Waals surface area contributed by atoms with E-state index in [4.69, 9.17) is 15.1 Å². The Morgan fingerprint density at radius 2 is 2.19 bits per heavy atom. The second kappa shape index (κ2) is 6.35. The van der Waals surface area contributed by atoms with Crippen LogP contribution in [0.15, 0.2) is 42.6 Å². The number of aromatic nitrogens is 1. The first-order chi connectivity index (χ1) is 10.1. The lowest BCUT2D eigenvalue weighted by Crippen LogP contribution is -1.91. The Hall–Kier alpha value is -3.13. The Kier molecular flexibility index (Phi) is 4.32. The third-order valence-electron chi connectivity index (χ3n) is 2.65. The van der Waals surface area contributed by atoms with E-state index in [1.165, 1.54) is 6.08 Å². The predicted molar refractivity (Wildman–Crippen MR) is 76.9 cm³/mol. The van der Waals surface area contributed by atoms with Crippen LogP contribution in [0.1, 0.15) is 16.8 Å². The number of benzene rings is 1. The summed E-state index contributed by atoms with van der Waals surface area (Å²) in [5.41, 5.74) is 1.81. The molecule has 0 amide bonds. The molecule has 1 heterocycles. The second-order valence-electron chi connectivity index (χ2n) is 4.28. The summed E-state index contributed by atoms with van der Waals surface area (Å²) < 4.78 is 5.61. The summed E-state index contributed by atoms with van der Waals surface area (Å²) in [6.07, 6.45) is 4.01. The number of carboxylic acids is 1. The fourth-order valence-corrected chi connectivity index (χ4v) is 1.64. The van der Waals surface area contributed by atoms with Crippen LogP contribution >= 0.6 is 0 Å². The van der Waals surface area contributed by atoms with Crippen molar-refractivity contribution in [2.75, 3.05) is 0 Å². The van der Waals surface area contributed by atoms with Crippen molar-refractivity contribution in [2.45, 2.75) is 6.92 Å². The number of hydrogen-bond donors (Lipinski definition) is 1. The third kappa shape index (κ3) is 3.91. The van der Waals surface area contributed by atoms with Gasteiger partial charge in [-0.05, 0) is 42.8 Å². The lowest BCUT2D eigenvalue weighted by atomic mass is 10.1. The van der Waals surface area contributed by atoms with Gasteiger partial charge < -0.3 is 9.84 Å².